The first-order valence-corrected chi connectivity index (χ1v) is 18.8. The van der Waals surface area contributed by atoms with Crippen LogP contribution in [0.15, 0.2) is 199 Å². The molecule has 0 radical (unpaired) electrons. The summed E-state index contributed by atoms with van der Waals surface area (Å²) in [6, 6.07) is 68.1. The second-order valence-electron chi connectivity index (χ2n) is 13.9. The molecule has 0 N–H and O–H groups in total. The Balaban J connectivity index is 1.14. The normalized spacial score (nSPS) is 11.1. The van der Waals surface area contributed by atoms with Crippen LogP contribution in [-0.2, 0) is 0 Å². The summed E-state index contributed by atoms with van der Waals surface area (Å²) < 4.78 is 6.84. The SMILES string of the molecule is N#Cc1ccc(-c2cccc(-c3nc(-c4ccc(-c5ccccc5)cc4)nc(-c4ccc5c(c4)oc4c(-c6ccccc6)ccc(-c6ccccc6)c45)n3)c2)cc1. The molecule has 5 heteroatoms. The monoisotopic (exact) mass is 728 g/mol. The van der Waals surface area contributed by atoms with Crippen molar-refractivity contribution in [3.05, 3.63) is 200 Å². The summed E-state index contributed by atoms with van der Waals surface area (Å²) in [5.74, 6) is 1.67. The Hall–Kier alpha value is -7.94. The predicted molar refractivity (Wildman–Crippen MR) is 230 cm³/mol. The highest BCUT2D eigenvalue weighted by atomic mass is 16.3. The number of benzene rings is 8. The van der Waals surface area contributed by atoms with E-state index in [4.69, 9.17) is 19.4 Å². The van der Waals surface area contributed by atoms with Crippen molar-refractivity contribution in [2.24, 2.45) is 0 Å². The van der Waals surface area contributed by atoms with Crippen LogP contribution in [-0.4, -0.2) is 15.0 Å². The van der Waals surface area contributed by atoms with E-state index in [1.54, 1.807) is 0 Å². The van der Waals surface area contributed by atoms with Gasteiger partial charge in [-0.15, -0.1) is 0 Å². The number of nitrogens with zero attached hydrogens (tertiary/aromatic N) is 4. The highest BCUT2D eigenvalue weighted by Crippen LogP contribution is 2.42. The van der Waals surface area contributed by atoms with Gasteiger partial charge in [-0.3, -0.25) is 0 Å². The Morgan fingerprint density at radius 3 is 1.47 bits per heavy atom. The minimum atomic E-state index is 0.542. The number of fused-ring (bicyclic) bond motifs is 3. The maximum absolute atomic E-state index is 9.34. The summed E-state index contributed by atoms with van der Waals surface area (Å²) in [7, 11) is 0. The Morgan fingerprint density at radius 1 is 0.368 bits per heavy atom. The fourth-order valence-electron chi connectivity index (χ4n) is 7.50. The fourth-order valence-corrected chi connectivity index (χ4v) is 7.50. The quantitative estimate of drug-likeness (QED) is 0.163. The van der Waals surface area contributed by atoms with E-state index in [1.165, 1.54) is 0 Å². The van der Waals surface area contributed by atoms with Crippen molar-refractivity contribution in [2.75, 3.05) is 0 Å². The maximum atomic E-state index is 9.34. The van der Waals surface area contributed by atoms with Crippen LogP contribution >= 0.6 is 0 Å². The Bertz CT molecular complexity index is 3100. The molecule has 0 unspecified atom stereocenters. The third kappa shape index (κ3) is 6.42. The smallest absolute Gasteiger partial charge is 0.164 e. The average Bonchev–Trinajstić information content (AvgIpc) is 3.69. The zero-order valence-electron chi connectivity index (χ0n) is 30.7. The van der Waals surface area contributed by atoms with Gasteiger partial charge < -0.3 is 4.42 Å². The number of furan rings is 1. The highest BCUT2D eigenvalue weighted by molar-refractivity contribution is 6.16. The van der Waals surface area contributed by atoms with Gasteiger partial charge in [0, 0.05) is 33.0 Å². The molecule has 0 saturated heterocycles. The van der Waals surface area contributed by atoms with Crippen molar-refractivity contribution in [1.82, 2.24) is 15.0 Å². The van der Waals surface area contributed by atoms with Gasteiger partial charge in [-0.05, 0) is 75.3 Å². The first-order chi connectivity index (χ1) is 28.2. The van der Waals surface area contributed by atoms with E-state index < -0.39 is 0 Å². The van der Waals surface area contributed by atoms with E-state index in [2.05, 4.69) is 127 Å². The number of aromatic nitrogens is 3. The van der Waals surface area contributed by atoms with Gasteiger partial charge in [0.15, 0.2) is 17.5 Å². The predicted octanol–water partition coefficient (Wildman–Crippen LogP) is 13.3. The fraction of sp³-hybridized carbons (Fsp3) is 0. The van der Waals surface area contributed by atoms with Crippen LogP contribution in [0.2, 0.25) is 0 Å². The van der Waals surface area contributed by atoms with Crippen LogP contribution in [0, 0.1) is 11.3 Å². The summed E-state index contributed by atoms with van der Waals surface area (Å²) in [4.78, 5) is 15.3. The van der Waals surface area contributed by atoms with Crippen LogP contribution in [0.25, 0.3) is 101 Å². The zero-order valence-corrected chi connectivity index (χ0v) is 30.7. The summed E-state index contributed by atoms with van der Waals surface area (Å²) >= 11 is 0. The van der Waals surface area contributed by atoms with Gasteiger partial charge in [-0.25, -0.2) is 15.0 Å². The summed E-state index contributed by atoms with van der Waals surface area (Å²) in [6.45, 7) is 0. The molecule has 0 spiro atoms. The molecule has 0 aliphatic carbocycles. The number of nitriles is 1. The lowest BCUT2D eigenvalue weighted by molar-refractivity contribution is 0.670. The minimum Gasteiger partial charge on any atom is -0.455 e. The summed E-state index contributed by atoms with van der Waals surface area (Å²) in [5, 5.41) is 11.4. The topological polar surface area (TPSA) is 75.6 Å². The molecule has 0 amide bonds. The molecule has 266 valence electrons. The number of rotatable bonds is 7. The van der Waals surface area contributed by atoms with E-state index in [0.29, 0.717) is 23.0 Å². The lowest BCUT2D eigenvalue weighted by Gasteiger charge is -2.10. The van der Waals surface area contributed by atoms with Crippen molar-refractivity contribution in [3.63, 3.8) is 0 Å². The van der Waals surface area contributed by atoms with Crippen LogP contribution in [0.4, 0.5) is 0 Å². The molecule has 0 atom stereocenters. The maximum Gasteiger partial charge on any atom is 0.164 e. The van der Waals surface area contributed by atoms with Crippen molar-refractivity contribution < 1.29 is 4.42 Å². The molecule has 0 saturated carbocycles. The summed E-state index contributed by atoms with van der Waals surface area (Å²) in [5.41, 5.74) is 13.4. The van der Waals surface area contributed by atoms with E-state index in [1.807, 2.05) is 72.8 Å². The van der Waals surface area contributed by atoms with Gasteiger partial charge in [-0.1, -0.05) is 158 Å². The first kappa shape index (κ1) is 33.6. The zero-order chi connectivity index (χ0) is 38.1. The molecular formula is C52H32N4O. The van der Waals surface area contributed by atoms with Crippen LogP contribution in [0.1, 0.15) is 5.56 Å². The molecule has 10 rings (SSSR count). The van der Waals surface area contributed by atoms with Crippen molar-refractivity contribution in [1.29, 1.82) is 5.26 Å². The third-order valence-electron chi connectivity index (χ3n) is 10.4. The Morgan fingerprint density at radius 2 is 0.825 bits per heavy atom. The number of hydrogen-bond donors (Lipinski definition) is 0. The van der Waals surface area contributed by atoms with Crippen LogP contribution < -0.4 is 0 Å². The first-order valence-electron chi connectivity index (χ1n) is 18.8. The second kappa shape index (κ2) is 14.4. The van der Waals surface area contributed by atoms with E-state index >= 15 is 0 Å². The van der Waals surface area contributed by atoms with Gasteiger partial charge >= 0.3 is 0 Å². The molecule has 0 aliphatic rings. The van der Waals surface area contributed by atoms with Crippen molar-refractivity contribution >= 4 is 21.9 Å². The van der Waals surface area contributed by atoms with Gasteiger partial charge in [0.2, 0.25) is 0 Å². The lowest BCUT2D eigenvalue weighted by atomic mass is 9.94. The molecule has 0 aliphatic heterocycles. The molecule has 2 heterocycles. The standard InChI is InChI=1S/C52H32N4O/c53-33-34-19-21-37(22-20-34)41-17-10-18-42(31-41)51-54-50(40-25-23-36(24-26-40)35-11-4-1-5-12-35)55-52(56-51)43-27-28-46-47(32-43)57-49-45(39-15-8-3-9-16-39)30-29-44(48(46)49)38-13-6-2-7-14-38/h1-32H. The van der Waals surface area contributed by atoms with Crippen molar-refractivity contribution in [3.8, 4) is 84.7 Å². The van der Waals surface area contributed by atoms with Gasteiger partial charge in [0.05, 0.1) is 11.6 Å². The molecule has 8 aromatic carbocycles. The van der Waals surface area contributed by atoms with Gasteiger partial charge in [0.25, 0.3) is 0 Å². The Kier molecular flexibility index (Phi) is 8.48. The number of hydrogen-bond acceptors (Lipinski definition) is 5. The van der Waals surface area contributed by atoms with Gasteiger partial charge in [-0.2, -0.15) is 5.26 Å². The largest absolute Gasteiger partial charge is 0.455 e. The molecular weight excluding hydrogens is 697 g/mol. The molecule has 2 aromatic heterocycles. The minimum absolute atomic E-state index is 0.542. The summed E-state index contributed by atoms with van der Waals surface area (Å²) in [6.07, 6.45) is 0. The molecule has 57 heavy (non-hydrogen) atoms. The highest BCUT2D eigenvalue weighted by Gasteiger charge is 2.19. The lowest BCUT2D eigenvalue weighted by Crippen LogP contribution is -2.00. The van der Waals surface area contributed by atoms with E-state index in [0.717, 1.165) is 83.1 Å². The second-order valence-corrected chi connectivity index (χ2v) is 13.9. The van der Waals surface area contributed by atoms with Crippen LogP contribution in [0.5, 0.6) is 0 Å². The Labute approximate surface area is 329 Å². The van der Waals surface area contributed by atoms with Crippen LogP contribution in [0.3, 0.4) is 0 Å². The average molecular weight is 729 g/mol. The molecule has 5 nitrogen and oxygen atoms in total. The van der Waals surface area contributed by atoms with Gasteiger partial charge in [0.1, 0.15) is 11.2 Å². The molecule has 0 bridgehead atoms. The molecule has 10 aromatic rings. The van der Waals surface area contributed by atoms with Crippen molar-refractivity contribution in [2.45, 2.75) is 0 Å². The van der Waals surface area contributed by atoms with E-state index in [-0.39, 0.29) is 0 Å². The van der Waals surface area contributed by atoms with E-state index in [9.17, 15) is 5.26 Å². The molecule has 0 fully saturated rings. The third-order valence-corrected chi connectivity index (χ3v) is 10.4.